The van der Waals surface area contributed by atoms with Gasteiger partial charge >= 0.3 is 19.8 Å². The molecule has 0 atom stereocenters. The minimum absolute atomic E-state index is 0. The van der Waals surface area contributed by atoms with Crippen LogP contribution >= 0.6 is 15.8 Å². The first-order valence-corrected chi connectivity index (χ1v) is 14.3. The largest absolute Gasteiger partial charge is 2.00 e. The van der Waals surface area contributed by atoms with Crippen LogP contribution < -0.4 is 15.7 Å². The molecule has 4 rings (SSSR count). The van der Waals surface area contributed by atoms with E-state index in [0.717, 1.165) is 17.0 Å². The van der Waals surface area contributed by atoms with Crippen LogP contribution in [-0.2, 0) is 19.8 Å². The molecule has 0 aliphatic heterocycles. The summed E-state index contributed by atoms with van der Waals surface area (Å²) >= 11 is 0. The molecule has 0 N–H and O–H groups in total. The van der Waals surface area contributed by atoms with Crippen molar-refractivity contribution in [2.45, 2.75) is 6.92 Å². The Morgan fingerprint density at radius 3 is 1.52 bits per heavy atom. The van der Waals surface area contributed by atoms with Crippen LogP contribution in [0.3, 0.4) is 0 Å². The third-order valence-electron chi connectivity index (χ3n) is 4.19. The molecular weight excluding hydrogens is 592 g/mol. The summed E-state index contributed by atoms with van der Waals surface area (Å²) in [5, 5.41) is 10.9. The van der Waals surface area contributed by atoms with Gasteiger partial charge in [0.1, 0.15) is 0 Å². The molecule has 31 heavy (non-hydrogen) atoms. The Kier molecular flexibility index (Phi) is 13.4. The van der Waals surface area contributed by atoms with Gasteiger partial charge in [-0.2, -0.15) is 5.56 Å². The Labute approximate surface area is 203 Å². The minimum Gasteiger partial charge on any atom is -0.619 e. The van der Waals surface area contributed by atoms with E-state index in [9.17, 15) is 0 Å². The van der Waals surface area contributed by atoms with E-state index in [0.29, 0.717) is 0 Å². The normalized spacial score (nSPS) is 9.77. The minimum atomic E-state index is 0. The first kappa shape index (κ1) is 27.4. The van der Waals surface area contributed by atoms with Gasteiger partial charge in [-0.3, -0.25) is 0 Å². The van der Waals surface area contributed by atoms with E-state index < -0.39 is 0 Å². The van der Waals surface area contributed by atoms with Gasteiger partial charge in [0, 0.05) is 5.69 Å². The van der Waals surface area contributed by atoms with Crippen molar-refractivity contribution in [1.82, 2.24) is 10.2 Å². The van der Waals surface area contributed by atoms with Gasteiger partial charge in [-0.1, -0.05) is 82.6 Å². The monoisotopic (exact) mass is 624 g/mol. The maximum Gasteiger partial charge on any atom is 2.00 e. The quantitative estimate of drug-likeness (QED) is 0.210. The number of aryl methyl sites for hydroxylation is 1. The molecule has 0 aliphatic rings. The van der Waals surface area contributed by atoms with Crippen molar-refractivity contribution in [2.24, 2.45) is 0 Å². The molecule has 0 bridgehead atoms. The predicted octanol–water partition coefficient (Wildman–Crippen LogP) is 5.92. The van der Waals surface area contributed by atoms with Crippen molar-refractivity contribution in [3.8, 4) is 11.3 Å². The van der Waals surface area contributed by atoms with Crippen molar-refractivity contribution in [2.75, 3.05) is 26.7 Å². The van der Waals surface area contributed by atoms with Crippen LogP contribution in [0.1, 0.15) is 5.69 Å². The number of hydrogen-bond donors (Lipinski definition) is 0. The summed E-state index contributed by atoms with van der Waals surface area (Å²) in [4.78, 5) is 0. The van der Waals surface area contributed by atoms with E-state index in [4.69, 9.17) is 0 Å². The summed E-state index contributed by atoms with van der Waals surface area (Å²) < 4.78 is 0. The summed E-state index contributed by atoms with van der Waals surface area (Å²) in [6.45, 7) is 11.0. The van der Waals surface area contributed by atoms with Crippen molar-refractivity contribution >= 4 is 26.5 Å². The van der Waals surface area contributed by atoms with Crippen molar-refractivity contribution in [3.05, 3.63) is 103 Å². The van der Waals surface area contributed by atoms with E-state index in [2.05, 4.69) is 104 Å². The van der Waals surface area contributed by atoms with E-state index in [1.807, 2.05) is 37.3 Å². The van der Waals surface area contributed by atoms with E-state index in [1.54, 1.807) is 0 Å². The van der Waals surface area contributed by atoms with E-state index in [1.165, 1.54) is 10.6 Å². The summed E-state index contributed by atoms with van der Waals surface area (Å²) in [5.74, 6) is 0. The molecular formula is C26H30N2OsP2. The van der Waals surface area contributed by atoms with Gasteiger partial charge in [0.2, 0.25) is 0 Å². The van der Waals surface area contributed by atoms with Crippen LogP contribution in [-0.4, -0.2) is 31.8 Å². The van der Waals surface area contributed by atoms with Crippen LogP contribution in [0.2, 0.25) is 0 Å². The van der Waals surface area contributed by atoms with Gasteiger partial charge < -0.3 is 10.2 Å². The van der Waals surface area contributed by atoms with Gasteiger partial charge in [0.05, 0.1) is 0 Å². The zero-order chi connectivity index (χ0) is 21.8. The molecule has 0 spiro atoms. The Hall–Kier alpha value is -1.63. The third-order valence-corrected chi connectivity index (χ3v) is 6.85. The molecule has 1 aromatic heterocycles. The van der Waals surface area contributed by atoms with Gasteiger partial charge in [-0.15, -0.1) is 30.3 Å². The van der Waals surface area contributed by atoms with Gasteiger partial charge in [-0.25, -0.2) is 5.69 Å². The summed E-state index contributed by atoms with van der Waals surface area (Å²) in [7, 11) is 0.209. The fourth-order valence-corrected chi connectivity index (χ4v) is 4.06. The SMILES string of the molecule is CP(C)c1ccccc1.CP(C)c1ccccc1.Cc1cc(-c2[c-]cccc2)[n-]n1.[Os+2]. The van der Waals surface area contributed by atoms with Crippen LogP contribution in [0.5, 0.6) is 0 Å². The van der Waals surface area contributed by atoms with Crippen molar-refractivity contribution < 1.29 is 19.8 Å². The first-order chi connectivity index (χ1) is 14.5. The Balaban J connectivity index is 0.000000233. The summed E-state index contributed by atoms with van der Waals surface area (Å²) in [6.07, 6.45) is 0. The number of benzene rings is 3. The Morgan fingerprint density at radius 2 is 1.19 bits per heavy atom. The zero-order valence-corrected chi connectivity index (χ0v) is 23.1. The summed E-state index contributed by atoms with van der Waals surface area (Å²) in [5.41, 5.74) is 2.84. The Bertz CT molecular complexity index is 913. The van der Waals surface area contributed by atoms with Crippen LogP contribution in [0.4, 0.5) is 0 Å². The second-order valence-electron chi connectivity index (χ2n) is 7.11. The molecule has 1 heterocycles. The van der Waals surface area contributed by atoms with Crippen LogP contribution in [0.25, 0.3) is 11.3 Å². The van der Waals surface area contributed by atoms with Crippen LogP contribution in [0.15, 0.2) is 91.0 Å². The number of rotatable bonds is 3. The second kappa shape index (κ2) is 15.2. The molecule has 0 unspecified atom stereocenters. The number of nitrogens with zero attached hydrogens (tertiary/aromatic N) is 2. The smallest absolute Gasteiger partial charge is 0.619 e. The fourth-order valence-electron chi connectivity index (χ4n) is 2.52. The molecule has 0 amide bonds. The molecule has 5 heteroatoms. The first-order valence-electron chi connectivity index (χ1n) is 9.86. The number of hydrogen-bond acceptors (Lipinski definition) is 1. The van der Waals surface area contributed by atoms with E-state index in [-0.39, 0.29) is 35.6 Å². The van der Waals surface area contributed by atoms with Crippen molar-refractivity contribution in [1.29, 1.82) is 0 Å². The maximum absolute atomic E-state index is 4.00. The molecule has 2 nitrogen and oxygen atoms in total. The van der Waals surface area contributed by atoms with Crippen LogP contribution in [0, 0.1) is 13.0 Å². The molecule has 0 saturated carbocycles. The molecule has 0 saturated heterocycles. The maximum atomic E-state index is 4.00. The zero-order valence-electron chi connectivity index (χ0n) is 18.8. The third kappa shape index (κ3) is 10.5. The molecule has 3 aromatic carbocycles. The van der Waals surface area contributed by atoms with E-state index >= 15 is 0 Å². The molecule has 0 aliphatic carbocycles. The van der Waals surface area contributed by atoms with Crippen molar-refractivity contribution in [3.63, 3.8) is 0 Å². The molecule has 162 valence electrons. The number of aromatic nitrogens is 2. The molecule has 0 radical (unpaired) electrons. The van der Waals surface area contributed by atoms with Gasteiger partial charge in [-0.05, 0) is 44.2 Å². The Morgan fingerprint density at radius 1 is 0.710 bits per heavy atom. The topological polar surface area (TPSA) is 27.0 Å². The molecule has 4 aromatic rings. The summed E-state index contributed by atoms with van der Waals surface area (Å²) in [6, 6.07) is 34.0. The average Bonchev–Trinajstić information content (AvgIpc) is 3.23. The second-order valence-corrected chi connectivity index (χ2v) is 11.7. The fraction of sp³-hybridized carbons (Fsp3) is 0.192. The van der Waals surface area contributed by atoms with Gasteiger partial charge in [0.15, 0.2) is 0 Å². The standard InChI is InChI=1S/C10H8N2.2C8H11P.Os/c1-8-7-10(12-11-8)9-5-3-2-4-6-9;2*1-9(2)8-6-4-3-5-7-8;/h2-5,7H,1H3;2*3-7H,1-2H3;/q-2;;;+2. The van der Waals surface area contributed by atoms with Gasteiger partial charge in [0.25, 0.3) is 0 Å². The predicted molar refractivity (Wildman–Crippen MR) is 136 cm³/mol. The average molecular weight is 623 g/mol. The molecule has 0 fully saturated rings.